The van der Waals surface area contributed by atoms with Crippen LogP contribution in [-0.4, -0.2) is 65.9 Å². The highest BCUT2D eigenvalue weighted by Crippen LogP contribution is 2.39. The van der Waals surface area contributed by atoms with Crippen molar-refractivity contribution in [2.24, 2.45) is 0 Å². The van der Waals surface area contributed by atoms with E-state index in [1.165, 1.54) is 11.3 Å². The second kappa shape index (κ2) is 9.19. The quantitative estimate of drug-likeness (QED) is 0.790. The maximum atomic E-state index is 10.6. The number of nitrogens with zero attached hydrogens (tertiary/aromatic N) is 4. The molecule has 1 spiro atoms. The molecule has 2 aliphatic rings. The van der Waals surface area contributed by atoms with Crippen LogP contribution in [0, 0.1) is 0 Å². The van der Waals surface area contributed by atoms with Gasteiger partial charge in [-0.2, -0.15) is 13.2 Å². The van der Waals surface area contributed by atoms with E-state index in [0.717, 1.165) is 44.2 Å². The fraction of sp³-hybridized carbons (Fsp3) is 0.476. The Morgan fingerprint density at radius 3 is 2.58 bits per heavy atom. The van der Waals surface area contributed by atoms with Crippen molar-refractivity contribution in [1.29, 1.82) is 0 Å². The molecule has 1 saturated heterocycles. The lowest BCUT2D eigenvalue weighted by molar-refractivity contribution is -0.192. The average molecular weight is 438 g/mol. The summed E-state index contributed by atoms with van der Waals surface area (Å²) in [4.78, 5) is 22.7. The second-order valence-electron chi connectivity index (χ2n) is 7.96. The fourth-order valence-corrected chi connectivity index (χ4v) is 3.85. The molecule has 2 aliphatic heterocycles. The minimum atomic E-state index is -5.08. The standard InChI is InChI=1S/C19H24N4O.C2HF3O2/c1-22(2)18-20-10-16-12-24-14-19(17(16)21-18)8-9-23(13-19)11-15-6-4-3-5-7-15;3-2(4,5)1(6)7/h3-7,10H,8-9,11-14H2,1-2H3;(H,6,7). The summed E-state index contributed by atoms with van der Waals surface area (Å²) < 4.78 is 37.6. The lowest BCUT2D eigenvalue weighted by Gasteiger charge is -2.34. The maximum absolute atomic E-state index is 10.6. The van der Waals surface area contributed by atoms with Gasteiger partial charge in [0.15, 0.2) is 0 Å². The van der Waals surface area contributed by atoms with Crippen molar-refractivity contribution in [1.82, 2.24) is 14.9 Å². The van der Waals surface area contributed by atoms with E-state index in [9.17, 15) is 13.2 Å². The van der Waals surface area contributed by atoms with E-state index in [1.807, 2.05) is 25.2 Å². The third-order valence-corrected chi connectivity index (χ3v) is 5.31. The molecule has 0 saturated carbocycles. The Hall–Kier alpha value is -2.72. The first-order valence-corrected chi connectivity index (χ1v) is 9.78. The van der Waals surface area contributed by atoms with E-state index in [-0.39, 0.29) is 5.41 Å². The molecule has 0 aliphatic carbocycles. The number of carboxylic acids is 1. The van der Waals surface area contributed by atoms with Crippen LogP contribution in [0.2, 0.25) is 0 Å². The zero-order valence-corrected chi connectivity index (χ0v) is 17.4. The van der Waals surface area contributed by atoms with Crippen LogP contribution in [0.4, 0.5) is 19.1 Å². The number of aromatic nitrogens is 2. The summed E-state index contributed by atoms with van der Waals surface area (Å²) in [6.45, 7) is 4.46. The molecular formula is C21H25F3N4O3. The van der Waals surface area contributed by atoms with Gasteiger partial charge in [-0.3, -0.25) is 4.90 Å². The smallest absolute Gasteiger partial charge is 0.475 e. The van der Waals surface area contributed by atoms with Gasteiger partial charge in [-0.05, 0) is 18.5 Å². The van der Waals surface area contributed by atoms with Crippen molar-refractivity contribution in [3.05, 3.63) is 53.3 Å². The van der Waals surface area contributed by atoms with Crippen LogP contribution in [0.3, 0.4) is 0 Å². The van der Waals surface area contributed by atoms with Crippen molar-refractivity contribution < 1.29 is 27.8 Å². The van der Waals surface area contributed by atoms with Crippen LogP contribution >= 0.6 is 0 Å². The molecular weight excluding hydrogens is 413 g/mol. The Morgan fingerprint density at radius 1 is 1.29 bits per heavy atom. The second-order valence-corrected chi connectivity index (χ2v) is 7.96. The lowest BCUT2D eigenvalue weighted by Crippen LogP contribution is -2.40. The largest absolute Gasteiger partial charge is 0.490 e. The fourth-order valence-electron chi connectivity index (χ4n) is 3.85. The zero-order valence-electron chi connectivity index (χ0n) is 17.4. The molecule has 1 fully saturated rings. The van der Waals surface area contributed by atoms with Gasteiger partial charge in [0.2, 0.25) is 5.95 Å². The summed E-state index contributed by atoms with van der Waals surface area (Å²) >= 11 is 0. The van der Waals surface area contributed by atoms with Crippen LogP contribution in [0.15, 0.2) is 36.5 Å². The predicted molar refractivity (Wildman–Crippen MR) is 108 cm³/mol. The van der Waals surface area contributed by atoms with E-state index in [4.69, 9.17) is 19.6 Å². The number of likely N-dealkylation sites (tertiary alicyclic amines) is 1. The molecule has 10 heteroatoms. The molecule has 1 atom stereocenters. The van der Waals surface area contributed by atoms with Crippen LogP contribution < -0.4 is 4.90 Å². The minimum Gasteiger partial charge on any atom is -0.475 e. The van der Waals surface area contributed by atoms with Gasteiger partial charge in [-0.1, -0.05) is 30.3 Å². The topological polar surface area (TPSA) is 78.8 Å². The molecule has 0 radical (unpaired) electrons. The third-order valence-electron chi connectivity index (χ3n) is 5.31. The normalized spacial score (nSPS) is 20.7. The molecule has 0 bridgehead atoms. The Labute approximate surface area is 178 Å². The molecule has 7 nitrogen and oxygen atoms in total. The van der Waals surface area contributed by atoms with Gasteiger partial charge in [-0.25, -0.2) is 14.8 Å². The van der Waals surface area contributed by atoms with Gasteiger partial charge in [0.1, 0.15) is 0 Å². The van der Waals surface area contributed by atoms with Gasteiger partial charge < -0.3 is 14.7 Å². The summed E-state index contributed by atoms with van der Waals surface area (Å²) in [5.41, 5.74) is 3.72. The number of benzene rings is 1. The Kier molecular flexibility index (Phi) is 6.80. The summed E-state index contributed by atoms with van der Waals surface area (Å²) in [7, 11) is 3.98. The molecule has 1 aromatic carbocycles. The van der Waals surface area contributed by atoms with Gasteiger partial charge in [0, 0.05) is 38.9 Å². The van der Waals surface area contributed by atoms with E-state index in [1.54, 1.807) is 0 Å². The number of anilines is 1. The van der Waals surface area contributed by atoms with Crippen LogP contribution in [-0.2, 0) is 28.1 Å². The molecule has 4 rings (SSSR count). The van der Waals surface area contributed by atoms with E-state index in [2.05, 4.69) is 40.2 Å². The number of carbonyl (C=O) groups is 1. The SMILES string of the molecule is CN(C)c1ncc2c(n1)C1(CCN(Cc3ccccc3)C1)COC2.O=C(O)C(F)(F)F. The molecule has 2 aromatic rings. The van der Waals surface area contributed by atoms with Crippen molar-refractivity contribution in [3.8, 4) is 0 Å². The molecule has 1 N–H and O–H groups in total. The van der Waals surface area contributed by atoms with Crippen molar-refractivity contribution >= 4 is 11.9 Å². The number of aliphatic carboxylic acids is 1. The molecule has 3 heterocycles. The summed E-state index contributed by atoms with van der Waals surface area (Å²) in [6, 6.07) is 10.7. The number of ether oxygens (including phenoxy) is 1. The molecule has 168 valence electrons. The highest BCUT2D eigenvalue weighted by Gasteiger charge is 2.45. The van der Waals surface area contributed by atoms with E-state index < -0.39 is 12.1 Å². The Bertz CT molecular complexity index is 908. The molecule has 1 aromatic heterocycles. The highest BCUT2D eigenvalue weighted by molar-refractivity contribution is 5.73. The monoisotopic (exact) mass is 438 g/mol. The number of alkyl halides is 3. The van der Waals surface area contributed by atoms with Crippen molar-refractivity contribution in [2.45, 2.75) is 31.2 Å². The van der Waals surface area contributed by atoms with Gasteiger partial charge >= 0.3 is 12.1 Å². The number of hydrogen-bond acceptors (Lipinski definition) is 6. The first-order valence-electron chi connectivity index (χ1n) is 9.78. The highest BCUT2D eigenvalue weighted by atomic mass is 19.4. The van der Waals surface area contributed by atoms with Gasteiger partial charge in [-0.15, -0.1) is 0 Å². The van der Waals surface area contributed by atoms with Crippen LogP contribution in [0.25, 0.3) is 0 Å². The van der Waals surface area contributed by atoms with Gasteiger partial charge in [0.25, 0.3) is 0 Å². The number of rotatable bonds is 3. The minimum absolute atomic E-state index is 0.00998. The Morgan fingerprint density at radius 2 is 1.97 bits per heavy atom. The van der Waals surface area contributed by atoms with Crippen LogP contribution in [0.5, 0.6) is 0 Å². The maximum Gasteiger partial charge on any atom is 0.490 e. The van der Waals surface area contributed by atoms with Crippen LogP contribution in [0.1, 0.15) is 23.2 Å². The van der Waals surface area contributed by atoms with Crippen molar-refractivity contribution in [2.75, 3.05) is 38.7 Å². The molecule has 1 unspecified atom stereocenters. The van der Waals surface area contributed by atoms with Gasteiger partial charge in [0.05, 0.1) is 24.3 Å². The number of fused-ring (bicyclic) bond motifs is 2. The molecule has 31 heavy (non-hydrogen) atoms. The molecule has 0 amide bonds. The predicted octanol–water partition coefficient (Wildman–Crippen LogP) is 2.85. The average Bonchev–Trinajstić information content (AvgIpc) is 3.11. The summed E-state index contributed by atoms with van der Waals surface area (Å²) in [5, 5.41) is 7.12. The number of hydrogen-bond donors (Lipinski definition) is 1. The van der Waals surface area contributed by atoms with E-state index >= 15 is 0 Å². The number of carboxylic acid groups (broad SMARTS) is 1. The number of halogens is 3. The van der Waals surface area contributed by atoms with E-state index in [0.29, 0.717) is 6.61 Å². The third kappa shape index (κ3) is 5.50. The Balaban J connectivity index is 0.000000339. The zero-order chi connectivity index (χ0) is 22.6. The lowest BCUT2D eigenvalue weighted by atomic mass is 9.80. The summed E-state index contributed by atoms with van der Waals surface area (Å²) in [6.07, 6.45) is -2.05. The first kappa shape index (κ1) is 23.0. The first-order chi connectivity index (χ1) is 14.6. The summed E-state index contributed by atoms with van der Waals surface area (Å²) in [5.74, 6) is -1.97. The van der Waals surface area contributed by atoms with Crippen molar-refractivity contribution in [3.63, 3.8) is 0 Å².